The van der Waals surface area contributed by atoms with Gasteiger partial charge in [-0.1, -0.05) is 44.2 Å². The molecule has 0 radical (unpaired) electrons. The molecule has 19 heavy (non-hydrogen) atoms. The number of rotatable bonds is 4. The standard InChI is InChI=1S/C17H23NS/c1-13(2)12-19-17-10-15(8-9-16(17)11-18)14-6-4-3-5-7-14/h3-7,13,15-17H,8-10,12H2,1-2H3. The summed E-state index contributed by atoms with van der Waals surface area (Å²) < 4.78 is 0. The maximum Gasteiger partial charge on any atom is 0.0667 e. The van der Waals surface area contributed by atoms with Gasteiger partial charge < -0.3 is 0 Å². The number of nitriles is 1. The molecule has 1 aliphatic carbocycles. The fourth-order valence-electron chi connectivity index (χ4n) is 2.81. The van der Waals surface area contributed by atoms with Crippen LogP contribution in [-0.2, 0) is 0 Å². The van der Waals surface area contributed by atoms with Crippen molar-refractivity contribution in [3.63, 3.8) is 0 Å². The minimum atomic E-state index is 0.253. The number of nitrogens with zero attached hydrogens (tertiary/aromatic N) is 1. The Morgan fingerprint density at radius 3 is 2.63 bits per heavy atom. The van der Waals surface area contributed by atoms with Gasteiger partial charge in [0.1, 0.15) is 0 Å². The second-order valence-corrected chi connectivity index (χ2v) is 7.19. The van der Waals surface area contributed by atoms with E-state index < -0.39 is 0 Å². The van der Waals surface area contributed by atoms with Crippen molar-refractivity contribution < 1.29 is 0 Å². The summed E-state index contributed by atoms with van der Waals surface area (Å²) in [6.45, 7) is 4.51. The first kappa shape index (κ1) is 14.5. The van der Waals surface area contributed by atoms with Crippen LogP contribution < -0.4 is 0 Å². The SMILES string of the molecule is CC(C)CSC1CC(c2ccccc2)CCC1C#N. The van der Waals surface area contributed by atoms with Crippen molar-refractivity contribution in [1.82, 2.24) is 0 Å². The van der Waals surface area contributed by atoms with Crippen molar-refractivity contribution in [2.24, 2.45) is 11.8 Å². The minimum Gasteiger partial charge on any atom is -0.198 e. The monoisotopic (exact) mass is 273 g/mol. The number of benzene rings is 1. The number of thioether (sulfide) groups is 1. The van der Waals surface area contributed by atoms with E-state index in [0.717, 1.165) is 6.42 Å². The first-order valence-electron chi connectivity index (χ1n) is 7.27. The summed E-state index contributed by atoms with van der Waals surface area (Å²) in [7, 11) is 0. The van der Waals surface area contributed by atoms with Gasteiger partial charge in [0.05, 0.1) is 12.0 Å². The van der Waals surface area contributed by atoms with Crippen LogP contribution in [0.1, 0.15) is 44.6 Å². The fourth-order valence-corrected chi connectivity index (χ4v) is 4.23. The van der Waals surface area contributed by atoms with E-state index in [1.165, 1.54) is 24.2 Å². The maximum atomic E-state index is 9.32. The molecule has 1 aromatic carbocycles. The molecule has 2 heteroatoms. The Labute approximate surface area is 121 Å². The molecule has 1 aliphatic rings. The van der Waals surface area contributed by atoms with Crippen LogP contribution in [0.5, 0.6) is 0 Å². The molecule has 1 nitrogen and oxygen atoms in total. The Hall–Kier alpha value is -0.940. The second-order valence-electron chi connectivity index (χ2n) is 5.92. The van der Waals surface area contributed by atoms with Gasteiger partial charge in [-0.25, -0.2) is 0 Å². The molecule has 2 rings (SSSR count). The fraction of sp³-hybridized carbons (Fsp3) is 0.588. The molecule has 1 fully saturated rings. The van der Waals surface area contributed by atoms with E-state index in [1.54, 1.807) is 0 Å². The minimum absolute atomic E-state index is 0.253. The first-order valence-corrected chi connectivity index (χ1v) is 8.31. The Morgan fingerprint density at radius 2 is 2.00 bits per heavy atom. The van der Waals surface area contributed by atoms with Crippen LogP contribution in [0.2, 0.25) is 0 Å². The zero-order chi connectivity index (χ0) is 13.7. The maximum absolute atomic E-state index is 9.32. The van der Waals surface area contributed by atoms with Crippen LogP contribution in [0.25, 0.3) is 0 Å². The molecule has 0 amide bonds. The topological polar surface area (TPSA) is 23.8 Å². The van der Waals surface area contributed by atoms with Crippen LogP contribution in [0.4, 0.5) is 0 Å². The third-order valence-electron chi connectivity index (χ3n) is 3.87. The first-order chi connectivity index (χ1) is 9.20. The summed E-state index contributed by atoms with van der Waals surface area (Å²) in [5.74, 6) is 2.78. The Bertz CT molecular complexity index is 421. The molecule has 0 heterocycles. The highest BCUT2D eigenvalue weighted by atomic mass is 32.2. The molecule has 0 spiro atoms. The van der Waals surface area contributed by atoms with Crippen LogP contribution in [0, 0.1) is 23.2 Å². The average molecular weight is 273 g/mol. The quantitative estimate of drug-likeness (QED) is 0.783. The summed E-state index contributed by atoms with van der Waals surface area (Å²) in [5.41, 5.74) is 1.45. The van der Waals surface area contributed by atoms with Gasteiger partial charge in [-0.15, -0.1) is 0 Å². The molecular weight excluding hydrogens is 250 g/mol. The van der Waals surface area contributed by atoms with Crippen molar-refractivity contribution in [1.29, 1.82) is 5.26 Å². The average Bonchev–Trinajstić information content (AvgIpc) is 2.45. The molecule has 0 saturated heterocycles. The van der Waals surface area contributed by atoms with Crippen molar-refractivity contribution >= 4 is 11.8 Å². The summed E-state index contributed by atoms with van der Waals surface area (Å²) >= 11 is 2.01. The van der Waals surface area contributed by atoms with Gasteiger partial charge in [-0.05, 0) is 42.4 Å². The smallest absolute Gasteiger partial charge is 0.0667 e. The van der Waals surface area contributed by atoms with Crippen molar-refractivity contribution in [3.05, 3.63) is 35.9 Å². The Balaban J connectivity index is 2.01. The van der Waals surface area contributed by atoms with Gasteiger partial charge in [-0.3, -0.25) is 0 Å². The molecule has 0 aromatic heterocycles. The lowest BCUT2D eigenvalue weighted by molar-refractivity contribution is 0.393. The summed E-state index contributed by atoms with van der Waals surface area (Å²) in [6.07, 6.45) is 3.40. The lowest BCUT2D eigenvalue weighted by Crippen LogP contribution is -2.26. The van der Waals surface area contributed by atoms with E-state index in [-0.39, 0.29) is 5.92 Å². The van der Waals surface area contributed by atoms with Crippen LogP contribution in [-0.4, -0.2) is 11.0 Å². The van der Waals surface area contributed by atoms with Crippen LogP contribution in [0.3, 0.4) is 0 Å². The third kappa shape index (κ3) is 4.01. The van der Waals surface area contributed by atoms with Gasteiger partial charge in [0.15, 0.2) is 0 Å². The van der Waals surface area contributed by atoms with E-state index in [1.807, 2.05) is 11.8 Å². The zero-order valence-corrected chi connectivity index (χ0v) is 12.7. The van der Waals surface area contributed by atoms with Gasteiger partial charge in [0.2, 0.25) is 0 Å². The molecule has 1 aromatic rings. The van der Waals surface area contributed by atoms with Crippen LogP contribution in [0.15, 0.2) is 30.3 Å². The zero-order valence-electron chi connectivity index (χ0n) is 11.9. The third-order valence-corrected chi connectivity index (χ3v) is 5.68. The molecule has 3 unspecified atom stereocenters. The predicted octanol–water partition coefficient (Wildman–Crippen LogP) is 4.85. The number of hydrogen-bond donors (Lipinski definition) is 0. The van der Waals surface area contributed by atoms with Crippen LogP contribution >= 0.6 is 11.8 Å². The Kier molecular flexibility index (Phi) is 5.34. The summed E-state index contributed by atoms with van der Waals surface area (Å²) in [5, 5.41) is 9.84. The van der Waals surface area contributed by atoms with Crippen molar-refractivity contribution in [2.75, 3.05) is 5.75 Å². The Morgan fingerprint density at radius 1 is 1.26 bits per heavy atom. The molecule has 3 atom stereocenters. The number of hydrogen-bond acceptors (Lipinski definition) is 2. The molecule has 0 bridgehead atoms. The highest BCUT2D eigenvalue weighted by molar-refractivity contribution is 7.99. The van der Waals surface area contributed by atoms with Gasteiger partial charge in [-0.2, -0.15) is 17.0 Å². The highest BCUT2D eigenvalue weighted by Gasteiger charge is 2.31. The molecular formula is C17H23NS. The lowest BCUT2D eigenvalue weighted by Gasteiger charge is -2.33. The molecule has 0 aliphatic heterocycles. The van der Waals surface area contributed by atoms with E-state index in [9.17, 15) is 5.26 Å². The summed E-state index contributed by atoms with van der Waals surface area (Å²) in [4.78, 5) is 0. The summed E-state index contributed by atoms with van der Waals surface area (Å²) in [6, 6.07) is 13.3. The lowest BCUT2D eigenvalue weighted by atomic mass is 9.79. The largest absolute Gasteiger partial charge is 0.198 e. The predicted molar refractivity (Wildman–Crippen MR) is 83.2 cm³/mol. The van der Waals surface area contributed by atoms with Gasteiger partial charge in [0.25, 0.3) is 0 Å². The van der Waals surface area contributed by atoms with Gasteiger partial charge >= 0.3 is 0 Å². The second kappa shape index (κ2) is 7.01. The van der Waals surface area contributed by atoms with E-state index in [0.29, 0.717) is 17.1 Å². The van der Waals surface area contributed by atoms with Crippen molar-refractivity contribution in [3.8, 4) is 6.07 Å². The highest BCUT2D eigenvalue weighted by Crippen LogP contribution is 2.41. The van der Waals surface area contributed by atoms with E-state index >= 15 is 0 Å². The van der Waals surface area contributed by atoms with E-state index in [4.69, 9.17) is 0 Å². The molecule has 102 valence electrons. The van der Waals surface area contributed by atoms with Gasteiger partial charge in [0, 0.05) is 5.25 Å². The normalized spacial score (nSPS) is 27.2. The molecule has 1 saturated carbocycles. The van der Waals surface area contributed by atoms with Crippen molar-refractivity contribution in [2.45, 2.75) is 44.3 Å². The molecule has 0 N–H and O–H groups in total. The van der Waals surface area contributed by atoms with E-state index in [2.05, 4.69) is 50.2 Å².